The summed E-state index contributed by atoms with van der Waals surface area (Å²) in [4.78, 5) is 11.1. The number of carbonyl (C=O) groups is 1. The SMILES string of the molecule is CC(=O)[C@@H]1O[C@H]1P(=O)(OC(C)C)OC(C)C. The first-order valence-electron chi connectivity index (χ1n) is 5.38. The van der Waals surface area contributed by atoms with Gasteiger partial charge in [0.15, 0.2) is 17.7 Å². The molecule has 94 valence electrons. The number of hydrogen-bond acceptors (Lipinski definition) is 5. The minimum Gasteiger partial charge on any atom is -0.348 e. The van der Waals surface area contributed by atoms with Crippen LogP contribution in [0.1, 0.15) is 34.6 Å². The molecule has 1 heterocycles. The van der Waals surface area contributed by atoms with Crippen molar-refractivity contribution in [2.24, 2.45) is 0 Å². The molecule has 0 saturated carbocycles. The standard InChI is InChI=1S/C10H19O5P/c1-6(2)14-16(12,15-7(3)4)10-9(13-10)8(5)11/h6-7,9-10H,1-5H3/t9-,10-/m0/s1. The summed E-state index contributed by atoms with van der Waals surface area (Å²) in [6.45, 7) is 8.46. The molecule has 2 atom stereocenters. The molecule has 1 fully saturated rings. The number of ketones is 1. The highest BCUT2D eigenvalue weighted by Gasteiger charge is 2.58. The lowest BCUT2D eigenvalue weighted by atomic mass is 10.3. The summed E-state index contributed by atoms with van der Waals surface area (Å²) in [5.41, 5.74) is 0. The van der Waals surface area contributed by atoms with E-state index in [0.29, 0.717) is 0 Å². The monoisotopic (exact) mass is 250 g/mol. The van der Waals surface area contributed by atoms with Gasteiger partial charge in [-0.3, -0.25) is 9.36 Å². The maximum atomic E-state index is 12.4. The zero-order valence-electron chi connectivity index (χ0n) is 10.3. The molecule has 0 N–H and O–H groups in total. The van der Waals surface area contributed by atoms with Gasteiger partial charge in [0.05, 0.1) is 12.2 Å². The first-order valence-corrected chi connectivity index (χ1v) is 7.00. The van der Waals surface area contributed by atoms with Crippen molar-refractivity contribution in [1.82, 2.24) is 0 Å². The molecule has 0 aromatic carbocycles. The molecule has 1 rings (SSSR count). The fourth-order valence-corrected chi connectivity index (χ4v) is 3.66. The Bertz CT molecular complexity index is 298. The van der Waals surface area contributed by atoms with E-state index in [1.165, 1.54) is 6.92 Å². The van der Waals surface area contributed by atoms with Gasteiger partial charge in [-0.25, -0.2) is 0 Å². The van der Waals surface area contributed by atoms with Gasteiger partial charge in [-0.1, -0.05) is 0 Å². The summed E-state index contributed by atoms with van der Waals surface area (Å²) >= 11 is 0. The van der Waals surface area contributed by atoms with E-state index >= 15 is 0 Å². The van der Waals surface area contributed by atoms with Crippen LogP contribution in [-0.4, -0.2) is 29.9 Å². The Morgan fingerprint density at radius 1 is 1.19 bits per heavy atom. The number of hydrogen-bond donors (Lipinski definition) is 0. The van der Waals surface area contributed by atoms with Crippen molar-refractivity contribution < 1.29 is 23.1 Å². The summed E-state index contributed by atoms with van der Waals surface area (Å²) in [5, 5.41) is 0. The molecule has 0 aromatic rings. The van der Waals surface area contributed by atoms with Gasteiger partial charge in [0.25, 0.3) is 0 Å². The highest BCUT2D eigenvalue weighted by molar-refractivity contribution is 7.55. The van der Waals surface area contributed by atoms with Crippen LogP contribution in [0.4, 0.5) is 0 Å². The van der Waals surface area contributed by atoms with Crippen molar-refractivity contribution in [1.29, 1.82) is 0 Å². The molecular formula is C10H19O5P. The molecule has 0 spiro atoms. The number of Topliss-reactive ketones (excluding diaryl/α,β-unsaturated/α-hetero) is 1. The van der Waals surface area contributed by atoms with Gasteiger partial charge in [-0.2, -0.15) is 0 Å². The van der Waals surface area contributed by atoms with Crippen LogP contribution in [0.5, 0.6) is 0 Å². The fourth-order valence-electron chi connectivity index (χ4n) is 1.37. The van der Waals surface area contributed by atoms with Crippen molar-refractivity contribution >= 4 is 13.4 Å². The van der Waals surface area contributed by atoms with E-state index in [2.05, 4.69) is 0 Å². The Kier molecular flexibility index (Phi) is 4.29. The Balaban J connectivity index is 2.73. The van der Waals surface area contributed by atoms with Crippen LogP contribution >= 0.6 is 7.60 Å². The Morgan fingerprint density at radius 2 is 1.62 bits per heavy atom. The second kappa shape index (κ2) is 4.96. The van der Waals surface area contributed by atoms with E-state index in [4.69, 9.17) is 13.8 Å². The second-order valence-corrected chi connectivity index (χ2v) is 6.42. The molecule has 1 saturated heterocycles. The topological polar surface area (TPSA) is 65.1 Å². The molecule has 6 heteroatoms. The molecule has 0 amide bonds. The highest BCUT2D eigenvalue weighted by Crippen LogP contribution is 2.62. The van der Waals surface area contributed by atoms with Crippen LogP contribution in [0.3, 0.4) is 0 Å². The van der Waals surface area contributed by atoms with E-state index in [-0.39, 0.29) is 18.0 Å². The van der Waals surface area contributed by atoms with Crippen LogP contribution in [0, 0.1) is 0 Å². The molecule has 1 aliphatic rings. The van der Waals surface area contributed by atoms with Crippen LogP contribution in [0.25, 0.3) is 0 Å². The van der Waals surface area contributed by atoms with E-state index in [0.717, 1.165) is 0 Å². The van der Waals surface area contributed by atoms with E-state index in [1.807, 2.05) is 0 Å². The molecule has 0 bridgehead atoms. The van der Waals surface area contributed by atoms with Gasteiger partial charge in [0, 0.05) is 0 Å². The predicted octanol–water partition coefficient (Wildman–Crippen LogP) is 2.34. The van der Waals surface area contributed by atoms with Gasteiger partial charge in [0.1, 0.15) is 0 Å². The van der Waals surface area contributed by atoms with E-state index < -0.39 is 19.5 Å². The first-order chi connectivity index (χ1) is 7.26. The van der Waals surface area contributed by atoms with Crippen LogP contribution in [-0.2, 0) is 23.1 Å². The van der Waals surface area contributed by atoms with E-state index in [1.54, 1.807) is 27.7 Å². The van der Waals surface area contributed by atoms with Gasteiger partial charge in [-0.05, 0) is 34.6 Å². The lowest BCUT2D eigenvalue weighted by Crippen LogP contribution is -2.14. The smallest absolute Gasteiger partial charge is 0.348 e. The summed E-state index contributed by atoms with van der Waals surface area (Å²) in [6, 6.07) is 0. The lowest BCUT2D eigenvalue weighted by molar-refractivity contribution is -0.118. The first kappa shape index (κ1) is 13.8. The Hall–Kier alpha value is -0.220. The molecule has 0 unspecified atom stereocenters. The highest BCUT2D eigenvalue weighted by atomic mass is 31.2. The third-order valence-corrected chi connectivity index (χ3v) is 4.34. The minimum absolute atomic E-state index is 0.148. The second-order valence-electron chi connectivity index (χ2n) is 4.41. The third-order valence-electron chi connectivity index (χ3n) is 1.90. The maximum Gasteiger partial charge on any atom is 0.362 e. The fraction of sp³-hybridized carbons (Fsp3) is 0.900. The van der Waals surface area contributed by atoms with Crippen molar-refractivity contribution in [3.63, 3.8) is 0 Å². The van der Waals surface area contributed by atoms with Crippen molar-refractivity contribution in [2.45, 2.75) is 58.8 Å². The molecule has 16 heavy (non-hydrogen) atoms. The Labute approximate surface area is 96.0 Å². The molecule has 5 nitrogen and oxygen atoms in total. The number of rotatable bonds is 6. The maximum absolute atomic E-state index is 12.4. The molecular weight excluding hydrogens is 231 g/mol. The summed E-state index contributed by atoms with van der Waals surface area (Å²) in [7, 11) is -3.35. The summed E-state index contributed by atoms with van der Waals surface area (Å²) in [6.07, 6.45) is -1.11. The van der Waals surface area contributed by atoms with Crippen LogP contribution in [0.2, 0.25) is 0 Å². The molecule has 0 aliphatic carbocycles. The average Bonchev–Trinajstić information content (AvgIpc) is 2.77. The average molecular weight is 250 g/mol. The number of epoxide rings is 1. The number of ether oxygens (including phenoxy) is 1. The van der Waals surface area contributed by atoms with Crippen LogP contribution < -0.4 is 0 Å². The van der Waals surface area contributed by atoms with E-state index in [9.17, 15) is 9.36 Å². The number of carbonyl (C=O) groups excluding carboxylic acids is 1. The third kappa shape index (κ3) is 3.39. The zero-order valence-corrected chi connectivity index (χ0v) is 11.2. The minimum atomic E-state index is -3.35. The quantitative estimate of drug-likeness (QED) is 0.534. The largest absolute Gasteiger partial charge is 0.362 e. The summed E-state index contributed by atoms with van der Waals surface area (Å²) in [5.74, 6) is -0.875. The lowest BCUT2D eigenvalue weighted by Gasteiger charge is -2.21. The van der Waals surface area contributed by atoms with Gasteiger partial charge in [-0.15, -0.1) is 0 Å². The van der Waals surface area contributed by atoms with Crippen molar-refractivity contribution in [3.05, 3.63) is 0 Å². The molecule has 1 aliphatic heterocycles. The van der Waals surface area contributed by atoms with Gasteiger partial charge in [0.2, 0.25) is 0 Å². The van der Waals surface area contributed by atoms with Crippen molar-refractivity contribution in [3.8, 4) is 0 Å². The molecule has 0 radical (unpaired) electrons. The zero-order chi connectivity index (χ0) is 12.5. The van der Waals surface area contributed by atoms with Crippen molar-refractivity contribution in [2.75, 3.05) is 0 Å². The van der Waals surface area contributed by atoms with Gasteiger partial charge < -0.3 is 13.8 Å². The normalized spacial score (nSPS) is 25.2. The Morgan fingerprint density at radius 3 is 1.88 bits per heavy atom. The van der Waals surface area contributed by atoms with Crippen LogP contribution in [0.15, 0.2) is 0 Å². The van der Waals surface area contributed by atoms with Gasteiger partial charge >= 0.3 is 7.60 Å². The predicted molar refractivity (Wildman–Crippen MR) is 59.4 cm³/mol. The molecule has 0 aromatic heterocycles. The summed E-state index contributed by atoms with van der Waals surface area (Å²) < 4.78 is 28.1.